The molecule has 0 aliphatic rings. The van der Waals surface area contributed by atoms with Gasteiger partial charge >= 0.3 is 6.18 Å². The maximum atomic E-state index is 13.1. The number of amides is 1. The number of ketones is 1. The molecule has 176 valence electrons. The molecule has 0 aliphatic heterocycles. The first-order valence-corrected chi connectivity index (χ1v) is 11.0. The normalized spacial score (nSPS) is 12.1. The molecular weight excluding hydrogens is 460 g/mol. The van der Waals surface area contributed by atoms with Gasteiger partial charge in [0.2, 0.25) is 11.8 Å². The molecule has 0 bridgehead atoms. The lowest BCUT2D eigenvalue weighted by Crippen LogP contribution is -2.36. The third-order valence-electron chi connectivity index (χ3n) is 4.99. The average molecular weight is 482 g/mol. The summed E-state index contributed by atoms with van der Waals surface area (Å²) in [5.74, 6) is -2.06. The monoisotopic (exact) mass is 482 g/mol. The number of rotatable bonds is 9. The number of aromatic nitrogens is 1. The zero-order valence-electron chi connectivity index (χ0n) is 18.0. The van der Waals surface area contributed by atoms with Gasteiger partial charge in [0.05, 0.1) is 10.6 Å². The molecular formula is C23H22F4N2O3S. The fourth-order valence-corrected chi connectivity index (χ4v) is 4.01. The Hall–Kier alpha value is -3.01. The molecule has 0 spiro atoms. The molecule has 5 nitrogen and oxygen atoms in total. The van der Waals surface area contributed by atoms with Crippen LogP contribution in [0, 0.1) is 5.82 Å². The topological polar surface area (TPSA) is 72.2 Å². The van der Waals surface area contributed by atoms with E-state index in [9.17, 15) is 27.2 Å². The van der Waals surface area contributed by atoms with E-state index in [1.807, 2.05) is 13.8 Å². The Bertz CT molecular complexity index is 1120. The van der Waals surface area contributed by atoms with Gasteiger partial charge < -0.3 is 9.73 Å². The van der Waals surface area contributed by atoms with E-state index < -0.39 is 17.4 Å². The number of carbonyl (C=O) groups excluding carboxylic acids is 2. The predicted molar refractivity (Wildman–Crippen MR) is 116 cm³/mol. The molecule has 0 atom stereocenters. The Morgan fingerprint density at radius 3 is 2.45 bits per heavy atom. The third kappa shape index (κ3) is 6.50. The number of nitrogens with one attached hydrogen (secondary N) is 1. The number of alkyl halides is 3. The number of hydrogen-bond acceptors (Lipinski definition) is 5. The highest BCUT2D eigenvalue weighted by molar-refractivity contribution is 7.14. The van der Waals surface area contributed by atoms with Crippen LogP contribution in [0.5, 0.6) is 0 Å². The van der Waals surface area contributed by atoms with Gasteiger partial charge in [-0.1, -0.05) is 13.8 Å². The van der Waals surface area contributed by atoms with Gasteiger partial charge in [-0.15, -0.1) is 11.3 Å². The fraction of sp³-hybridized carbons (Fsp3) is 0.348. The molecule has 0 aliphatic carbocycles. The summed E-state index contributed by atoms with van der Waals surface area (Å²) < 4.78 is 56.1. The Balaban J connectivity index is 1.47. The predicted octanol–water partition coefficient (Wildman–Crippen LogP) is 5.70. The molecule has 10 heteroatoms. The first-order chi connectivity index (χ1) is 15.5. The Kier molecular flexibility index (Phi) is 7.36. The van der Waals surface area contributed by atoms with Crippen LogP contribution in [0.1, 0.15) is 46.9 Å². The second-order valence-corrected chi connectivity index (χ2v) is 9.32. The maximum Gasteiger partial charge on any atom is 0.455 e. The smallest absolute Gasteiger partial charge is 0.444 e. The lowest BCUT2D eigenvalue weighted by atomic mass is 9.90. The van der Waals surface area contributed by atoms with Crippen LogP contribution in [0.25, 0.3) is 11.5 Å². The number of nitrogens with zero attached hydrogens (tertiary/aromatic N) is 1. The van der Waals surface area contributed by atoms with E-state index >= 15 is 0 Å². The fourth-order valence-electron chi connectivity index (χ4n) is 3.01. The second-order valence-electron chi connectivity index (χ2n) is 8.15. The van der Waals surface area contributed by atoms with Crippen molar-refractivity contribution in [2.45, 2.75) is 44.7 Å². The molecule has 3 rings (SSSR count). The van der Waals surface area contributed by atoms with Crippen molar-refractivity contribution in [3.63, 3.8) is 0 Å². The number of aryl methyl sites for hydroxylation is 1. The summed E-state index contributed by atoms with van der Waals surface area (Å²) in [5, 5.41) is 2.84. The summed E-state index contributed by atoms with van der Waals surface area (Å²) in [6.07, 6.45) is -2.36. The quantitative estimate of drug-likeness (QED) is 0.314. The molecule has 1 N–H and O–H groups in total. The Morgan fingerprint density at radius 2 is 1.79 bits per heavy atom. The number of benzene rings is 1. The van der Waals surface area contributed by atoms with Crippen LogP contribution >= 0.6 is 11.3 Å². The lowest BCUT2D eigenvalue weighted by molar-refractivity contribution is -0.121. The summed E-state index contributed by atoms with van der Waals surface area (Å²) in [7, 11) is 0. The standard InChI is InChI=1S/C23H22F4N2O3S/c1-22(2,18-12-32-21(29-18)14-6-8-15(24)9-7-14)13-28-19(30)5-3-4-16-10-11-17(33-16)20(31)23(25,26)27/h6-12H,3-5,13H2,1-2H3,(H,28,30). The van der Waals surface area contributed by atoms with Crippen LogP contribution in [-0.4, -0.2) is 29.4 Å². The highest BCUT2D eigenvalue weighted by Gasteiger charge is 2.40. The minimum absolute atomic E-state index is 0.191. The molecule has 0 saturated heterocycles. The van der Waals surface area contributed by atoms with E-state index in [-0.39, 0.29) is 23.0 Å². The Morgan fingerprint density at radius 1 is 1.09 bits per heavy atom. The molecule has 2 aromatic heterocycles. The van der Waals surface area contributed by atoms with E-state index in [0.717, 1.165) is 17.4 Å². The maximum absolute atomic E-state index is 13.1. The van der Waals surface area contributed by atoms with E-state index in [2.05, 4.69) is 10.3 Å². The number of thiophene rings is 1. The third-order valence-corrected chi connectivity index (χ3v) is 6.13. The summed E-state index contributed by atoms with van der Waals surface area (Å²) >= 11 is 0.795. The van der Waals surface area contributed by atoms with Gasteiger partial charge in [0.1, 0.15) is 12.1 Å². The van der Waals surface area contributed by atoms with Gasteiger partial charge in [-0.2, -0.15) is 13.2 Å². The Labute approximate surface area is 191 Å². The molecule has 0 unspecified atom stereocenters. The van der Waals surface area contributed by atoms with Gasteiger partial charge in [0.15, 0.2) is 0 Å². The van der Waals surface area contributed by atoms with Gasteiger partial charge in [0.25, 0.3) is 5.78 Å². The van der Waals surface area contributed by atoms with E-state index in [1.165, 1.54) is 24.5 Å². The van der Waals surface area contributed by atoms with E-state index in [4.69, 9.17) is 4.42 Å². The van der Waals surface area contributed by atoms with Crippen LogP contribution in [0.3, 0.4) is 0 Å². The van der Waals surface area contributed by atoms with Crippen molar-refractivity contribution in [2.75, 3.05) is 6.54 Å². The largest absolute Gasteiger partial charge is 0.455 e. The summed E-state index contributed by atoms with van der Waals surface area (Å²) in [6, 6.07) is 8.40. The van der Waals surface area contributed by atoms with Crippen molar-refractivity contribution in [1.29, 1.82) is 0 Å². The van der Waals surface area contributed by atoms with E-state index in [1.54, 1.807) is 12.1 Å². The zero-order valence-corrected chi connectivity index (χ0v) is 18.8. The molecule has 33 heavy (non-hydrogen) atoms. The van der Waals surface area contributed by atoms with E-state index in [0.29, 0.717) is 41.4 Å². The van der Waals surface area contributed by atoms with Gasteiger partial charge in [-0.25, -0.2) is 9.37 Å². The number of halogens is 4. The van der Waals surface area contributed by atoms with Crippen molar-refractivity contribution >= 4 is 23.0 Å². The van der Waals surface area contributed by atoms with Gasteiger partial charge in [0, 0.05) is 28.8 Å². The van der Waals surface area contributed by atoms with Crippen molar-refractivity contribution in [3.8, 4) is 11.5 Å². The highest BCUT2D eigenvalue weighted by atomic mass is 32.1. The van der Waals surface area contributed by atoms with Crippen molar-refractivity contribution < 1.29 is 31.6 Å². The molecule has 1 amide bonds. The summed E-state index contributed by atoms with van der Waals surface area (Å²) in [5.41, 5.74) is 0.733. The first-order valence-electron chi connectivity index (χ1n) is 10.1. The van der Waals surface area contributed by atoms with Gasteiger partial charge in [-0.05, 0) is 49.2 Å². The lowest BCUT2D eigenvalue weighted by Gasteiger charge is -2.22. The average Bonchev–Trinajstić information content (AvgIpc) is 3.42. The van der Waals surface area contributed by atoms with Crippen LogP contribution in [0.2, 0.25) is 0 Å². The van der Waals surface area contributed by atoms with Gasteiger partial charge in [-0.3, -0.25) is 9.59 Å². The molecule has 1 aromatic carbocycles. The number of Topliss-reactive ketones (excluding diaryl/α,β-unsaturated/α-hetero) is 1. The molecule has 2 heterocycles. The molecule has 3 aromatic rings. The van der Waals surface area contributed by atoms with Crippen LogP contribution in [0.15, 0.2) is 47.1 Å². The molecule has 0 radical (unpaired) electrons. The summed E-state index contributed by atoms with van der Waals surface area (Å²) in [4.78, 5) is 28.2. The molecule has 0 fully saturated rings. The SMILES string of the molecule is CC(C)(CNC(=O)CCCc1ccc(C(=O)C(F)(F)F)s1)c1coc(-c2ccc(F)cc2)n1. The number of oxazole rings is 1. The first kappa shape index (κ1) is 24.6. The number of hydrogen-bond donors (Lipinski definition) is 1. The summed E-state index contributed by atoms with van der Waals surface area (Å²) in [6.45, 7) is 4.08. The van der Waals surface area contributed by atoms with Crippen LogP contribution in [0.4, 0.5) is 17.6 Å². The van der Waals surface area contributed by atoms with Crippen molar-refractivity contribution in [1.82, 2.24) is 10.3 Å². The molecule has 0 saturated carbocycles. The van der Waals surface area contributed by atoms with Crippen LogP contribution in [-0.2, 0) is 16.6 Å². The highest BCUT2D eigenvalue weighted by Crippen LogP contribution is 2.28. The van der Waals surface area contributed by atoms with Crippen molar-refractivity contribution in [2.24, 2.45) is 0 Å². The second kappa shape index (κ2) is 9.86. The minimum atomic E-state index is -4.89. The minimum Gasteiger partial charge on any atom is -0.444 e. The van der Waals surface area contributed by atoms with Crippen molar-refractivity contribution in [3.05, 3.63) is 63.9 Å². The number of carbonyl (C=O) groups is 2. The zero-order chi connectivity index (χ0) is 24.2. The van der Waals surface area contributed by atoms with Crippen LogP contribution < -0.4 is 5.32 Å².